The van der Waals surface area contributed by atoms with Crippen LogP contribution in [0.25, 0.3) is 0 Å². The highest BCUT2D eigenvalue weighted by Gasteiger charge is 2.34. The molecular formula is C12H25NO3S. The number of carboxylic acids is 1. The third kappa shape index (κ3) is 5.75. The summed E-state index contributed by atoms with van der Waals surface area (Å²) in [5.41, 5.74) is -0.889. The maximum Gasteiger partial charge on any atom is 0.323 e. The van der Waals surface area contributed by atoms with Crippen LogP contribution in [0.15, 0.2) is 0 Å². The molecule has 0 rings (SSSR count). The highest BCUT2D eigenvalue weighted by Crippen LogP contribution is 2.27. The zero-order chi connectivity index (χ0) is 13.6. The lowest BCUT2D eigenvalue weighted by atomic mass is 9.96. The Labute approximate surface area is 108 Å². The first-order valence-corrected chi connectivity index (χ1v) is 6.99. The second kappa shape index (κ2) is 7.24. The third-order valence-corrected chi connectivity index (χ3v) is 4.32. The maximum absolute atomic E-state index is 11.2. The molecule has 0 bridgehead atoms. The van der Waals surface area contributed by atoms with E-state index >= 15 is 0 Å². The van der Waals surface area contributed by atoms with Gasteiger partial charge in [0.1, 0.15) is 5.54 Å². The highest BCUT2D eigenvalue weighted by atomic mass is 32.2. The standard InChI is InChI=1S/C12H25NO3S/c1-6-13-12(5,11(15)16)7-8(2)17-10(4)9(3)14/h8-10,13-14H,6-7H2,1-5H3,(H,15,16). The van der Waals surface area contributed by atoms with E-state index in [1.54, 1.807) is 25.6 Å². The third-order valence-electron chi connectivity index (χ3n) is 2.86. The van der Waals surface area contributed by atoms with E-state index in [4.69, 9.17) is 0 Å². The van der Waals surface area contributed by atoms with Gasteiger partial charge < -0.3 is 15.5 Å². The van der Waals surface area contributed by atoms with Crippen molar-refractivity contribution in [1.82, 2.24) is 5.32 Å². The fourth-order valence-corrected chi connectivity index (χ4v) is 3.12. The van der Waals surface area contributed by atoms with Crippen molar-refractivity contribution in [3.05, 3.63) is 0 Å². The predicted octanol–water partition coefficient (Wildman–Crippen LogP) is 1.72. The fourth-order valence-electron chi connectivity index (χ4n) is 1.73. The van der Waals surface area contributed by atoms with Crippen LogP contribution < -0.4 is 5.32 Å². The van der Waals surface area contributed by atoms with Gasteiger partial charge in [-0.05, 0) is 26.8 Å². The Morgan fingerprint density at radius 3 is 2.29 bits per heavy atom. The smallest absolute Gasteiger partial charge is 0.323 e. The number of rotatable bonds is 8. The molecule has 0 aromatic heterocycles. The number of carbonyl (C=O) groups is 1. The van der Waals surface area contributed by atoms with Crippen molar-refractivity contribution in [2.75, 3.05) is 6.54 Å². The monoisotopic (exact) mass is 263 g/mol. The van der Waals surface area contributed by atoms with Crippen LogP contribution in [0.1, 0.15) is 41.0 Å². The topological polar surface area (TPSA) is 69.6 Å². The molecule has 0 aliphatic carbocycles. The van der Waals surface area contributed by atoms with Crippen molar-refractivity contribution < 1.29 is 15.0 Å². The first kappa shape index (κ1) is 16.7. The molecule has 0 saturated heterocycles. The molecule has 0 fully saturated rings. The number of hydrogen-bond donors (Lipinski definition) is 3. The molecular weight excluding hydrogens is 238 g/mol. The van der Waals surface area contributed by atoms with E-state index in [2.05, 4.69) is 5.32 Å². The average molecular weight is 263 g/mol. The molecule has 0 saturated carbocycles. The van der Waals surface area contributed by atoms with Gasteiger partial charge >= 0.3 is 5.97 Å². The quantitative estimate of drug-likeness (QED) is 0.622. The number of aliphatic carboxylic acids is 1. The van der Waals surface area contributed by atoms with Crippen LogP contribution in [0, 0.1) is 0 Å². The molecule has 4 unspecified atom stereocenters. The van der Waals surface area contributed by atoms with Crippen LogP contribution in [-0.2, 0) is 4.79 Å². The molecule has 0 radical (unpaired) electrons. The van der Waals surface area contributed by atoms with Gasteiger partial charge in [-0.25, -0.2) is 0 Å². The van der Waals surface area contributed by atoms with Crippen molar-refractivity contribution in [2.24, 2.45) is 0 Å². The van der Waals surface area contributed by atoms with Crippen molar-refractivity contribution in [2.45, 2.75) is 63.2 Å². The molecule has 0 aromatic rings. The summed E-state index contributed by atoms with van der Waals surface area (Å²) < 4.78 is 0. The molecule has 4 nitrogen and oxygen atoms in total. The predicted molar refractivity (Wildman–Crippen MR) is 72.5 cm³/mol. The van der Waals surface area contributed by atoms with E-state index in [9.17, 15) is 15.0 Å². The second-order valence-electron chi connectivity index (χ2n) is 4.76. The van der Waals surface area contributed by atoms with E-state index in [1.807, 2.05) is 20.8 Å². The van der Waals surface area contributed by atoms with Gasteiger partial charge in [0.2, 0.25) is 0 Å². The SMILES string of the molecule is CCNC(C)(CC(C)SC(C)C(C)O)C(=O)O. The van der Waals surface area contributed by atoms with E-state index in [0.29, 0.717) is 13.0 Å². The van der Waals surface area contributed by atoms with Gasteiger partial charge in [0.25, 0.3) is 0 Å². The number of aliphatic hydroxyl groups excluding tert-OH is 1. The lowest BCUT2D eigenvalue weighted by molar-refractivity contribution is -0.144. The molecule has 102 valence electrons. The van der Waals surface area contributed by atoms with Crippen molar-refractivity contribution in [1.29, 1.82) is 0 Å². The van der Waals surface area contributed by atoms with Gasteiger partial charge in [0.15, 0.2) is 0 Å². The second-order valence-corrected chi connectivity index (χ2v) is 6.58. The zero-order valence-electron chi connectivity index (χ0n) is 11.4. The van der Waals surface area contributed by atoms with Crippen LogP contribution >= 0.6 is 11.8 Å². The van der Waals surface area contributed by atoms with Gasteiger partial charge in [-0.2, -0.15) is 11.8 Å². The fraction of sp³-hybridized carbons (Fsp3) is 0.917. The van der Waals surface area contributed by atoms with Gasteiger partial charge in [-0.3, -0.25) is 4.79 Å². The lowest BCUT2D eigenvalue weighted by Gasteiger charge is -2.30. The summed E-state index contributed by atoms with van der Waals surface area (Å²) in [6, 6.07) is 0. The number of likely N-dealkylation sites (N-methyl/N-ethyl adjacent to an activating group) is 1. The summed E-state index contributed by atoms with van der Waals surface area (Å²) in [6.07, 6.45) is 0.162. The van der Waals surface area contributed by atoms with Crippen LogP contribution in [0.4, 0.5) is 0 Å². The number of thioether (sulfide) groups is 1. The number of hydrogen-bond acceptors (Lipinski definition) is 4. The van der Waals surface area contributed by atoms with Crippen LogP contribution in [-0.4, -0.2) is 44.9 Å². The first-order chi connectivity index (χ1) is 7.73. The first-order valence-electron chi connectivity index (χ1n) is 6.05. The van der Waals surface area contributed by atoms with Crippen molar-refractivity contribution >= 4 is 17.7 Å². The Bertz CT molecular complexity index is 248. The normalized spacial score (nSPS) is 20.4. The molecule has 3 N–H and O–H groups in total. The van der Waals surface area contributed by atoms with E-state index < -0.39 is 11.5 Å². The molecule has 0 amide bonds. The minimum Gasteiger partial charge on any atom is -0.480 e. The molecule has 0 aliphatic heterocycles. The molecule has 0 aliphatic rings. The Kier molecular flexibility index (Phi) is 7.13. The summed E-state index contributed by atoms with van der Waals surface area (Å²) in [5.74, 6) is -0.823. The molecule has 0 aromatic carbocycles. The van der Waals surface area contributed by atoms with Crippen LogP contribution in [0.5, 0.6) is 0 Å². The zero-order valence-corrected chi connectivity index (χ0v) is 12.2. The number of aliphatic hydroxyl groups is 1. The Hall–Kier alpha value is -0.260. The van der Waals surface area contributed by atoms with Crippen LogP contribution in [0.2, 0.25) is 0 Å². The van der Waals surface area contributed by atoms with Gasteiger partial charge in [0.05, 0.1) is 6.10 Å². The van der Waals surface area contributed by atoms with Gasteiger partial charge in [0, 0.05) is 10.5 Å². The highest BCUT2D eigenvalue weighted by molar-refractivity contribution is 8.00. The largest absolute Gasteiger partial charge is 0.480 e. The van der Waals surface area contributed by atoms with E-state index in [1.165, 1.54) is 0 Å². The minimum atomic E-state index is -0.889. The molecule has 0 heterocycles. The molecule has 17 heavy (non-hydrogen) atoms. The van der Waals surface area contributed by atoms with Crippen LogP contribution in [0.3, 0.4) is 0 Å². The summed E-state index contributed by atoms with van der Waals surface area (Å²) in [6.45, 7) is 9.96. The van der Waals surface area contributed by atoms with Crippen molar-refractivity contribution in [3.63, 3.8) is 0 Å². The lowest BCUT2D eigenvalue weighted by Crippen LogP contribution is -2.51. The summed E-state index contributed by atoms with van der Waals surface area (Å²) in [7, 11) is 0. The maximum atomic E-state index is 11.2. The summed E-state index contributed by atoms with van der Waals surface area (Å²) in [5, 5.41) is 22.0. The number of carboxylic acid groups (broad SMARTS) is 1. The average Bonchev–Trinajstić information content (AvgIpc) is 2.16. The molecule has 0 spiro atoms. The molecule has 4 atom stereocenters. The van der Waals surface area contributed by atoms with Gasteiger partial charge in [-0.1, -0.05) is 20.8 Å². The van der Waals surface area contributed by atoms with Crippen molar-refractivity contribution in [3.8, 4) is 0 Å². The van der Waals surface area contributed by atoms with E-state index in [0.717, 1.165) is 0 Å². The summed E-state index contributed by atoms with van der Waals surface area (Å²) >= 11 is 1.62. The number of nitrogens with one attached hydrogen (secondary N) is 1. The Morgan fingerprint density at radius 2 is 1.94 bits per heavy atom. The Morgan fingerprint density at radius 1 is 1.41 bits per heavy atom. The summed E-state index contributed by atoms with van der Waals surface area (Å²) in [4.78, 5) is 11.2. The minimum absolute atomic E-state index is 0.115. The van der Waals surface area contributed by atoms with E-state index in [-0.39, 0.29) is 16.6 Å². The van der Waals surface area contributed by atoms with Gasteiger partial charge in [-0.15, -0.1) is 0 Å². The molecule has 5 heteroatoms. The Balaban J connectivity index is 4.41.